The summed E-state index contributed by atoms with van der Waals surface area (Å²) >= 11 is 0. The smallest absolute Gasteiger partial charge is 0.381 e. The molecule has 0 radical (unpaired) electrons. The van der Waals surface area contributed by atoms with Crippen molar-refractivity contribution >= 4 is 80.8 Å². The first-order valence-electron chi connectivity index (χ1n) is 47.7. The van der Waals surface area contributed by atoms with Gasteiger partial charge in [0.15, 0.2) is 0 Å². The molecule has 6 fully saturated rings. The predicted octanol–water partition coefficient (Wildman–Crippen LogP) is 17.8. The molecule has 0 amide bonds. The molecule has 0 saturated carbocycles. The normalized spacial score (nSPS) is 17.4. The number of hydrogen-bond acceptors (Lipinski definition) is 16. The van der Waals surface area contributed by atoms with Gasteiger partial charge in [-0.05, 0) is 120 Å². The molecule has 16 nitrogen and oxygen atoms in total. The largest absolute Gasteiger partial charge is 1.00 e. The number of fused-ring (bicyclic) bond motifs is 8. The summed E-state index contributed by atoms with van der Waals surface area (Å²) in [6.45, 7) is 65.0. The summed E-state index contributed by atoms with van der Waals surface area (Å²) in [5.41, 5.74) is 27.2. The Morgan fingerprint density at radius 2 is 0.414 bits per heavy atom. The average Bonchev–Trinajstić information content (AvgIpc) is 1.19. The predicted molar refractivity (Wildman–Crippen MR) is 528 cm³/mol. The van der Waals surface area contributed by atoms with Crippen LogP contribution < -0.4 is 103 Å². The summed E-state index contributed by atoms with van der Waals surface area (Å²) in [6.07, 6.45) is 10.2. The van der Waals surface area contributed by atoms with E-state index < -0.39 is 16.1 Å². The molecule has 0 aliphatic carbocycles. The van der Waals surface area contributed by atoms with Crippen molar-refractivity contribution in [3.63, 3.8) is 0 Å². The molecule has 6 aliphatic rings. The van der Waals surface area contributed by atoms with E-state index in [1.54, 1.807) is 0 Å². The third kappa shape index (κ3) is 33.1. The maximum Gasteiger partial charge on any atom is 1.00 e. The van der Waals surface area contributed by atoms with Crippen molar-refractivity contribution in [3.8, 4) is 45.2 Å². The summed E-state index contributed by atoms with van der Waals surface area (Å²) in [5.74, 6) is 8.41. The second kappa shape index (κ2) is 61.2. The third-order valence-corrected chi connectivity index (χ3v) is 37.7. The minimum atomic E-state index is -2.18. The zero-order valence-electron chi connectivity index (χ0n) is 82.5. The maximum atomic E-state index is 5.33. The molecule has 6 saturated heterocycles. The molecule has 0 bridgehead atoms. The Hall–Kier alpha value is -3.01. The van der Waals surface area contributed by atoms with Crippen molar-refractivity contribution < 1.29 is 179 Å². The van der Waals surface area contributed by atoms with Crippen LogP contribution in [0, 0.1) is 64.5 Å². The maximum absolute atomic E-state index is 5.33. The summed E-state index contributed by atoms with van der Waals surface area (Å²) in [4.78, 5) is 0. The quantitative estimate of drug-likeness (QED) is 0.0614. The Labute approximate surface area is 857 Å². The fourth-order valence-corrected chi connectivity index (χ4v) is 29.6. The third-order valence-electron chi connectivity index (χ3n) is 25.1. The van der Waals surface area contributed by atoms with Gasteiger partial charge in [0.2, 0.25) is 0 Å². The van der Waals surface area contributed by atoms with E-state index in [0.29, 0.717) is 192 Å². The van der Waals surface area contributed by atoms with Gasteiger partial charge in [-0.25, -0.2) is 0 Å². The molecule has 0 N–H and O–H groups in total. The van der Waals surface area contributed by atoms with Gasteiger partial charge in [0.25, 0.3) is 0 Å². The van der Waals surface area contributed by atoms with Crippen LogP contribution in [-0.2, 0) is 75.8 Å². The first-order chi connectivity index (χ1) is 61.1. The molecule has 0 aromatic heterocycles. The summed E-state index contributed by atoms with van der Waals surface area (Å²) in [7, 11) is -4.36. The molecule has 128 heavy (non-hydrogen) atoms. The standard InChI is InChI=1S/C68H76Si2.2C12H24O6.4C4H8O.2K/c1-39(2)69(40(3)4,41(5)6)29-27-53-57-35-61-51-23-19-21-25-55(51)68(66-49(17)33-46(14)34-50(66)18)64(61)38-60(57)54(28-30-70(42(7)8,43(9)10)44(11)12)58-36-62-52-24-20-22-26-56(52)67(63(62)37-59(53)58)65-47(15)31-45(13)32-48(65)16;2*1-2-14-5-6-16-9-10-18-12-11-17-8-7-15-4-3-13-1;4*1-2-4-5-3-1;;/h19-26,31-44H,1-18H3;2*1-12H2;4*1-4H2;;/q-2;;;;;;;2*+1. The fourth-order valence-electron chi connectivity index (χ4n) is 19.2. The van der Waals surface area contributed by atoms with E-state index in [9.17, 15) is 0 Å². The van der Waals surface area contributed by atoms with Crippen LogP contribution in [0.25, 0.3) is 86.9 Å². The Bertz CT molecular complexity index is 4240. The van der Waals surface area contributed by atoms with Crippen molar-refractivity contribution in [2.45, 2.75) is 209 Å². The molecular formula is C108H156K2O16Si2. The van der Waals surface area contributed by atoms with Gasteiger partial charge in [-0.1, -0.05) is 318 Å². The van der Waals surface area contributed by atoms with Crippen molar-refractivity contribution in [1.29, 1.82) is 0 Å². The molecule has 6 aliphatic heterocycles. The van der Waals surface area contributed by atoms with E-state index >= 15 is 0 Å². The van der Waals surface area contributed by atoms with E-state index in [0.717, 1.165) is 64.0 Å². The molecule has 0 atom stereocenters. The van der Waals surface area contributed by atoms with Crippen LogP contribution >= 0.6 is 0 Å². The Balaban J connectivity index is 0.000000307. The van der Waals surface area contributed by atoms with Crippen LogP contribution in [0.15, 0.2) is 97.1 Å². The van der Waals surface area contributed by atoms with Crippen LogP contribution in [0.1, 0.15) is 179 Å². The van der Waals surface area contributed by atoms with Crippen LogP contribution in [-0.4, -0.2) is 228 Å². The summed E-state index contributed by atoms with van der Waals surface area (Å²) < 4.78 is 83.7. The second-order valence-electron chi connectivity index (χ2n) is 35.9. The molecular weight excluding hydrogens is 1690 g/mol. The monoisotopic (exact) mass is 1840 g/mol. The zero-order chi connectivity index (χ0) is 90.1. The molecule has 6 heterocycles. The number of benzene rings is 7. The van der Waals surface area contributed by atoms with Crippen molar-refractivity contribution in [2.24, 2.45) is 0 Å². The van der Waals surface area contributed by atoms with Gasteiger partial charge in [0, 0.05) is 64.0 Å². The van der Waals surface area contributed by atoms with E-state index in [2.05, 4.69) is 245 Å². The fraction of sp³-hybridized carbons (Fsp3) is 0.593. The van der Waals surface area contributed by atoms with Gasteiger partial charge in [0.1, 0.15) is 16.1 Å². The number of aryl methyl sites for hydroxylation is 6. The van der Waals surface area contributed by atoms with Crippen LogP contribution in [0.3, 0.4) is 0 Å². The number of rotatable bonds is 8. The van der Waals surface area contributed by atoms with Gasteiger partial charge in [-0.3, -0.25) is 0 Å². The van der Waals surface area contributed by atoms with Gasteiger partial charge < -0.3 is 75.8 Å². The minimum Gasteiger partial charge on any atom is -0.381 e. The molecule has 694 valence electrons. The molecule has 20 heteroatoms. The molecule has 9 aromatic rings. The van der Waals surface area contributed by atoms with E-state index in [-0.39, 0.29) is 103 Å². The van der Waals surface area contributed by atoms with Gasteiger partial charge in [-0.15, -0.1) is 11.1 Å². The van der Waals surface area contributed by atoms with Crippen molar-refractivity contribution in [1.82, 2.24) is 0 Å². The minimum absolute atomic E-state index is 0. The number of hydrogen-bond donors (Lipinski definition) is 0. The Morgan fingerprint density at radius 3 is 0.602 bits per heavy atom. The van der Waals surface area contributed by atoms with Crippen LogP contribution in [0.4, 0.5) is 0 Å². The first-order valence-corrected chi connectivity index (χ1v) is 52.1. The SMILES string of the molecule is C1CCOC1.C1CCOC1.C1CCOC1.C1CCOC1.C1COCCOCCOCCOCCOCCO1.C1COCCOCCOCCOCCOCCO1.Cc1cc(C)c(-[c-]2c3ccccc3c3cc4c(C#C[Si](C(C)C)(C(C)C)C(C)C)c5cc6c(cc5c(C#C[Si](C(C)C)(C(C)C)C(C)C)c4cc32)c2ccccc2[c-]6-c2c(C)cc(C)cc2C)c(C)c1.[K+].[K+]. The van der Waals surface area contributed by atoms with E-state index in [4.69, 9.17) is 75.8 Å². The van der Waals surface area contributed by atoms with Crippen LogP contribution in [0.5, 0.6) is 0 Å². The van der Waals surface area contributed by atoms with Crippen LogP contribution in [0.2, 0.25) is 33.2 Å². The first kappa shape index (κ1) is 112. The molecule has 0 unspecified atom stereocenters. The van der Waals surface area contributed by atoms with E-state index in [1.165, 1.54) is 172 Å². The average molecular weight is 1840 g/mol. The Kier molecular flexibility index (Phi) is 53.6. The van der Waals surface area contributed by atoms with Crippen molar-refractivity contribution in [2.75, 3.05) is 211 Å². The Morgan fingerprint density at radius 1 is 0.227 bits per heavy atom. The van der Waals surface area contributed by atoms with Gasteiger partial charge >= 0.3 is 103 Å². The van der Waals surface area contributed by atoms with Gasteiger partial charge in [0.05, 0.1) is 159 Å². The molecule has 0 spiro atoms. The topological polar surface area (TPSA) is 148 Å². The molecule has 15 rings (SSSR count). The summed E-state index contributed by atoms with van der Waals surface area (Å²) in [5, 5.41) is 15.3. The zero-order valence-corrected chi connectivity index (χ0v) is 90.8. The van der Waals surface area contributed by atoms with Crippen molar-refractivity contribution in [3.05, 3.63) is 142 Å². The number of ether oxygens (including phenoxy) is 16. The second-order valence-corrected chi connectivity index (χ2v) is 47.1. The molecule has 9 aromatic carbocycles. The summed E-state index contributed by atoms with van der Waals surface area (Å²) in [6, 6.07) is 37.9. The van der Waals surface area contributed by atoms with E-state index in [1.807, 2.05) is 0 Å². The van der Waals surface area contributed by atoms with Gasteiger partial charge in [-0.2, -0.15) is 0 Å².